The van der Waals surface area contributed by atoms with Crippen LogP contribution in [0.3, 0.4) is 0 Å². The van der Waals surface area contributed by atoms with Crippen LogP contribution in [0.1, 0.15) is 12.5 Å². The van der Waals surface area contributed by atoms with E-state index in [0.29, 0.717) is 29.6 Å². The molecule has 0 bridgehead atoms. The standard InChI is InChI=1S/C14H20Cl2N2O2.ClH/c1-10(18-14(19)9-17-5-6-20-2)7-11-3-4-12(15)8-13(11)16;/h3-4,8,10,17H,5-7,9H2,1-2H3,(H,18,19);1H. The molecule has 1 aromatic rings. The van der Waals surface area contributed by atoms with Crippen LogP contribution in [-0.2, 0) is 16.0 Å². The van der Waals surface area contributed by atoms with E-state index in [1.54, 1.807) is 19.2 Å². The van der Waals surface area contributed by atoms with Crippen LogP contribution in [0, 0.1) is 0 Å². The topological polar surface area (TPSA) is 50.4 Å². The quantitative estimate of drug-likeness (QED) is 0.705. The van der Waals surface area contributed by atoms with Gasteiger partial charge >= 0.3 is 0 Å². The first-order valence-corrected chi connectivity index (χ1v) is 7.21. The highest BCUT2D eigenvalue weighted by atomic mass is 35.5. The second-order valence-electron chi connectivity index (χ2n) is 4.58. The van der Waals surface area contributed by atoms with Gasteiger partial charge in [-0.15, -0.1) is 12.4 Å². The van der Waals surface area contributed by atoms with Crippen LogP contribution < -0.4 is 10.6 Å². The summed E-state index contributed by atoms with van der Waals surface area (Å²) in [6.45, 7) is 3.46. The number of amides is 1. The Kier molecular flexibility index (Phi) is 10.8. The number of nitrogens with one attached hydrogen (secondary N) is 2. The Morgan fingerprint density at radius 2 is 2.10 bits per heavy atom. The number of hydrogen-bond acceptors (Lipinski definition) is 3. The molecule has 4 nitrogen and oxygen atoms in total. The van der Waals surface area contributed by atoms with Crippen molar-refractivity contribution in [3.8, 4) is 0 Å². The summed E-state index contributed by atoms with van der Waals surface area (Å²) >= 11 is 12.0. The van der Waals surface area contributed by atoms with Crippen molar-refractivity contribution in [1.29, 1.82) is 0 Å². The van der Waals surface area contributed by atoms with Crippen molar-refractivity contribution in [2.24, 2.45) is 0 Å². The minimum atomic E-state index is -0.0429. The zero-order valence-corrected chi connectivity index (χ0v) is 14.4. The number of methoxy groups -OCH3 is 1. The van der Waals surface area contributed by atoms with Gasteiger partial charge in [-0.25, -0.2) is 0 Å². The van der Waals surface area contributed by atoms with Crippen molar-refractivity contribution < 1.29 is 9.53 Å². The summed E-state index contributed by atoms with van der Waals surface area (Å²) in [5, 5.41) is 7.14. The Morgan fingerprint density at radius 3 is 2.71 bits per heavy atom. The zero-order chi connectivity index (χ0) is 15.0. The molecule has 2 N–H and O–H groups in total. The molecule has 0 saturated heterocycles. The Hall–Kier alpha value is -0.520. The summed E-state index contributed by atoms with van der Waals surface area (Å²) in [5.41, 5.74) is 0.969. The molecule has 21 heavy (non-hydrogen) atoms. The van der Waals surface area contributed by atoms with Gasteiger partial charge in [-0.3, -0.25) is 4.79 Å². The summed E-state index contributed by atoms with van der Waals surface area (Å²) in [6, 6.07) is 5.39. The highest BCUT2D eigenvalue weighted by Crippen LogP contribution is 2.21. The molecule has 0 fully saturated rings. The van der Waals surface area contributed by atoms with E-state index in [1.165, 1.54) is 0 Å². The molecule has 1 atom stereocenters. The number of rotatable bonds is 8. The van der Waals surface area contributed by atoms with E-state index in [2.05, 4.69) is 10.6 Å². The molecule has 0 aliphatic rings. The fourth-order valence-corrected chi connectivity index (χ4v) is 2.26. The van der Waals surface area contributed by atoms with Gasteiger partial charge in [-0.05, 0) is 31.0 Å². The van der Waals surface area contributed by atoms with Crippen molar-refractivity contribution in [3.05, 3.63) is 33.8 Å². The van der Waals surface area contributed by atoms with E-state index < -0.39 is 0 Å². The number of benzene rings is 1. The summed E-state index contributed by atoms with van der Waals surface area (Å²) < 4.78 is 4.89. The summed E-state index contributed by atoms with van der Waals surface area (Å²) in [5.74, 6) is -0.0429. The summed E-state index contributed by atoms with van der Waals surface area (Å²) in [7, 11) is 1.62. The van der Waals surface area contributed by atoms with Crippen molar-refractivity contribution in [3.63, 3.8) is 0 Å². The van der Waals surface area contributed by atoms with Crippen LogP contribution in [0.2, 0.25) is 10.0 Å². The number of hydrogen-bond donors (Lipinski definition) is 2. The number of carbonyl (C=O) groups excluding carboxylic acids is 1. The molecular weight excluding hydrogens is 335 g/mol. The second kappa shape index (κ2) is 11.1. The first-order chi connectivity index (χ1) is 9.52. The molecule has 7 heteroatoms. The minimum Gasteiger partial charge on any atom is -0.383 e. The molecule has 0 radical (unpaired) electrons. The maximum absolute atomic E-state index is 11.7. The first kappa shape index (κ1) is 20.5. The van der Waals surface area contributed by atoms with E-state index in [0.717, 1.165) is 5.56 Å². The third-order valence-corrected chi connectivity index (χ3v) is 3.30. The second-order valence-corrected chi connectivity index (χ2v) is 5.42. The van der Waals surface area contributed by atoms with Gasteiger partial charge in [0.25, 0.3) is 0 Å². The van der Waals surface area contributed by atoms with Gasteiger partial charge in [0, 0.05) is 29.7 Å². The Balaban J connectivity index is 0.00000400. The van der Waals surface area contributed by atoms with Crippen LogP contribution in [-0.4, -0.2) is 38.8 Å². The molecule has 0 aliphatic carbocycles. The maximum atomic E-state index is 11.7. The fourth-order valence-electron chi connectivity index (χ4n) is 1.77. The van der Waals surface area contributed by atoms with Crippen molar-refractivity contribution in [2.45, 2.75) is 19.4 Å². The van der Waals surface area contributed by atoms with Gasteiger partial charge in [-0.1, -0.05) is 29.3 Å². The van der Waals surface area contributed by atoms with Crippen LogP contribution in [0.5, 0.6) is 0 Å². The molecule has 0 saturated carbocycles. The van der Waals surface area contributed by atoms with E-state index >= 15 is 0 Å². The number of carbonyl (C=O) groups is 1. The highest BCUT2D eigenvalue weighted by molar-refractivity contribution is 6.35. The van der Waals surface area contributed by atoms with Crippen LogP contribution in [0.15, 0.2) is 18.2 Å². The Morgan fingerprint density at radius 1 is 1.38 bits per heavy atom. The van der Waals surface area contributed by atoms with Gasteiger partial charge < -0.3 is 15.4 Å². The first-order valence-electron chi connectivity index (χ1n) is 6.46. The lowest BCUT2D eigenvalue weighted by Gasteiger charge is -2.15. The van der Waals surface area contributed by atoms with Gasteiger partial charge in [0.1, 0.15) is 0 Å². The maximum Gasteiger partial charge on any atom is 0.234 e. The number of halogens is 3. The van der Waals surface area contributed by atoms with E-state index in [4.69, 9.17) is 27.9 Å². The lowest BCUT2D eigenvalue weighted by molar-refractivity contribution is -0.120. The molecule has 120 valence electrons. The van der Waals surface area contributed by atoms with Crippen molar-refractivity contribution in [1.82, 2.24) is 10.6 Å². The SMILES string of the molecule is COCCNCC(=O)NC(C)Cc1ccc(Cl)cc1Cl.Cl. The molecule has 1 rings (SSSR count). The monoisotopic (exact) mass is 354 g/mol. The minimum absolute atomic E-state index is 0. The van der Waals surface area contributed by atoms with Crippen molar-refractivity contribution >= 4 is 41.5 Å². The molecule has 0 aliphatic heterocycles. The average molecular weight is 356 g/mol. The molecular formula is C14H21Cl3N2O2. The molecule has 0 aromatic heterocycles. The van der Waals surface area contributed by atoms with Crippen LogP contribution in [0.25, 0.3) is 0 Å². The average Bonchev–Trinajstić information content (AvgIpc) is 2.38. The van der Waals surface area contributed by atoms with E-state index in [1.807, 2.05) is 13.0 Å². The predicted molar refractivity (Wildman–Crippen MR) is 89.8 cm³/mol. The van der Waals surface area contributed by atoms with E-state index in [9.17, 15) is 4.79 Å². The smallest absolute Gasteiger partial charge is 0.234 e. The normalized spacial score (nSPS) is 11.6. The predicted octanol–water partition coefficient (Wildman–Crippen LogP) is 2.70. The Labute approximate surface area is 141 Å². The lowest BCUT2D eigenvalue weighted by Crippen LogP contribution is -2.40. The van der Waals surface area contributed by atoms with Gasteiger partial charge in [0.15, 0.2) is 0 Å². The van der Waals surface area contributed by atoms with Crippen LogP contribution in [0.4, 0.5) is 0 Å². The van der Waals surface area contributed by atoms with Gasteiger partial charge in [-0.2, -0.15) is 0 Å². The van der Waals surface area contributed by atoms with Crippen LogP contribution >= 0.6 is 35.6 Å². The molecule has 1 unspecified atom stereocenters. The molecule has 0 heterocycles. The van der Waals surface area contributed by atoms with E-state index in [-0.39, 0.29) is 30.9 Å². The third-order valence-electron chi connectivity index (χ3n) is 2.72. The summed E-state index contributed by atoms with van der Waals surface area (Å²) in [6.07, 6.45) is 0.666. The highest BCUT2D eigenvalue weighted by Gasteiger charge is 2.10. The van der Waals surface area contributed by atoms with Gasteiger partial charge in [0.2, 0.25) is 5.91 Å². The third kappa shape index (κ3) is 8.49. The zero-order valence-electron chi connectivity index (χ0n) is 12.1. The summed E-state index contributed by atoms with van der Waals surface area (Å²) in [4.78, 5) is 11.7. The fraction of sp³-hybridized carbons (Fsp3) is 0.500. The van der Waals surface area contributed by atoms with Gasteiger partial charge in [0.05, 0.1) is 13.2 Å². The molecule has 1 amide bonds. The largest absolute Gasteiger partial charge is 0.383 e. The number of ether oxygens (including phenoxy) is 1. The molecule has 1 aromatic carbocycles. The van der Waals surface area contributed by atoms with Crippen molar-refractivity contribution in [2.75, 3.05) is 26.8 Å². The molecule has 0 spiro atoms. The lowest BCUT2D eigenvalue weighted by atomic mass is 10.1. The Bertz CT molecular complexity index is 444.